The van der Waals surface area contributed by atoms with Crippen molar-refractivity contribution >= 4 is 109 Å². The molecule has 73 heavy (non-hydrogen) atoms. The van der Waals surface area contributed by atoms with E-state index in [-0.39, 0.29) is 22.3 Å². The number of nitriles is 2. The van der Waals surface area contributed by atoms with Gasteiger partial charge in [-0.25, -0.2) is 0 Å². The maximum absolute atomic E-state index is 15.3. The second-order valence-electron chi connectivity index (χ2n) is 18.5. The Hall–Kier alpha value is -10.0. The predicted octanol–water partition coefficient (Wildman–Crippen LogP) is 16.7. The molecular weight excluding hydrogens is 914 g/mol. The minimum absolute atomic E-state index is 0.114. The summed E-state index contributed by atoms with van der Waals surface area (Å²) in [7, 11) is 0. The smallest absolute Gasteiger partial charge is 0.416 e. The number of aromatic nitrogens is 4. The summed E-state index contributed by atoms with van der Waals surface area (Å²) in [5.74, 6) is 0. The van der Waals surface area contributed by atoms with E-state index in [1.807, 2.05) is 174 Å². The van der Waals surface area contributed by atoms with Crippen LogP contribution in [0.5, 0.6) is 0 Å². The van der Waals surface area contributed by atoms with Crippen molar-refractivity contribution in [2.24, 2.45) is 0 Å². The van der Waals surface area contributed by atoms with Crippen molar-refractivity contribution in [1.29, 1.82) is 10.5 Å². The Morgan fingerprint density at radius 2 is 0.671 bits per heavy atom. The lowest BCUT2D eigenvalue weighted by atomic mass is 9.98. The highest BCUT2D eigenvalue weighted by Crippen LogP contribution is 2.50. The van der Waals surface area contributed by atoms with Gasteiger partial charge in [-0.15, -0.1) is 0 Å². The van der Waals surface area contributed by atoms with Crippen LogP contribution in [0.4, 0.5) is 13.2 Å². The van der Waals surface area contributed by atoms with Gasteiger partial charge in [0.15, 0.2) is 5.58 Å². The van der Waals surface area contributed by atoms with Crippen molar-refractivity contribution < 1.29 is 17.6 Å². The Bertz CT molecular complexity index is 4850. The Kier molecular flexibility index (Phi) is 8.25. The number of furan rings is 1. The second kappa shape index (κ2) is 14.8. The molecular formula is C63H33F3N6O. The summed E-state index contributed by atoms with van der Waals surface area (Å²) in [5.41, 5.74) is 6.96. The zero-order valence-electron chi connectivity index (χ0n) is 38.3. The molecule has 10 heteroatoms. The van der Waals surface area contributed by atoms with Crippen LogP contribution in [0.1, 0.15) is 16.7 Å². The van der Waals surface area contributed by atoms with Crippen LogP contribution < -0.4 is 0 Å². The van der Waals surface area contributed by atoms with Gasteiger partial charge in [-0.2, -0.15) is 23.7 Å². The molecule has 0 spiro atoms. The number of nitrogens with zero attached hydrogens (tertiary/aromatic N) is 6. The first-order chi connectivity index (χ1) is 35.8. The van der Waals surface area contributed by atoms with Gasteiger partial charge in [0.1, 0.15) is 28.8 Å². The van der Waals surface area contributed by atoms with E-state index in [0.29, 0.717) is 44.5 Å². The molecule has 15 aromatic rings. The van der Waals surface area contributed by atoms with Gasteiger partial charge in [0.05, 0.1) is 72.4 Å². The van der Waals surface area contributed by atoms with Gasteiger partial charge in [0, 0.05) is 53.9 Å². The van der Waals surface area contributed by atoms with E-state index in [0.717, 1.165) is 88.3 Å². The third kappa shape index (κ3) is 5.41. The van der Waals surface area contributed by atoms with Crippen LogP contribution in [-0.2, 0) is 6.18 Å². The molecule has 7 nitrogen and oxygen atoms in total. The molecule has 5 heterocycles. The number of halogens is 3. The van der Waals surface area contributed by atoms with E-state index in [2.05, 4.69) is 33.4 Å². The summed E-state index contributed by atoms with van der Waals surface area (Å²) >= 11 is 0. The molecule has 0 aliphatic rings. The van der Waals surface area contributed by atoms with Crippen LogP contribution in [0.25, 0.3) is 132 Å². The fourth-order valence-electron chi connectivity index (χ4n) is 12.0. The van der Waals surface area contributed by atoms with Gasteiger partial charge in [0.25, 0.3) is 0 Å². The summed E-state index contributed by atoms with van der Waals surface area (Å²) in [6.45, 7) is 0. The molecule has 0 amide bonds. The number of alkyl halides is 3. The van der Waals surface area contributed by atoms with E-state index >= 15 is 13.2 Å². The van der Waals surface area contributed by atoms with Gasteiger partial charge >= 0.3 is 6.18 Å². The van der Waals surface area contributed by atoms with Crippen molar-refractivity contribution in [3.05, 3.63) is 217 Å². The number of hydrogen-bond donors (Lipinski definition) is 0. The van der Waals surface area contributed by atoms with Crippen LogP contribution in [0.2, 0.25) is 0 Å². The lowest BCUT2D eigenvalue weighted by Gasteiger charge is -2.27. The van der Waals surface area contributed by atoms with Gasteiger partial charge in [-0.3, -0.25) is 0 Å². The van der Waals surface area contributed by atoms with E-state index in [1.165, 1.54) is 6.07 Å². The zero-order chi connectivity index (χ0) is 48.9. The van der Waals surface area contributed by atoms with Crippen LogP contribution in [0, 0.1) is 22.7 Å². The topological polar surface area (TPSA) is 80.4 Å². The maximum atomic E-state index is 15.3. The van der Waals surface area contributed by atoms with Crippen LogP contribution >= 0.6 is 0 Å². The average molecular weight is 947 g/mol. The molecule has 0 bridgehead atoms. The number of fused-ring (bicyclic) bond motifs is 16. The number of para-hydroxylation sites is 7. The third-order valence-corrected chi connectivity index (χ3v) is 14.9. The van der Waals surface area contributed by atoms with E-state index in [9.17, 15) is 10.5 Å². The molecule has 0 saturated carbocycles. The first kappa shape index (κ1) is 40.8. The SMILES string of the molecule is N#Cc1c(-n2c3ccccc3c3ccccc32)c(-n2c3ccccc3c3ccccc32)c(C#N)c(-n2c3cc(C(F)(F)F)ccc3c3ccc4c5ccccc5oc4c32)c1-n1c2ccccc2c2ccccc21. The van der Waals surface area contributed by atoms with Gasteiger partial charge in [0.2, 0.25) is 0 Å². The van der Waals surface area contributed by atoms with Crippen molar-refractivity contribution in [2.45, 2.75) is 6.18 Å². The van der Waals surface area contributed by atoms with E-state index in [4.69, 9.17) is 4.42 Å². The molecule has 0 unspecified atom stereocenters. The second-order valence-corrected chi connectivity index (χ2v) is 18.5. The highest BCUT2D eigenvalue weighted by atomic mass is 19.4. The molecule has 5 aromatic heterocycles. The molecule has 0 atom stereocenters. The fraction of sp³-hybridized carbons (Fsp3) is 0.0159. The van der Waals surface area contributed by atoms with Crippen molar-refractivity contribution in [1.82, 2.24) is 18.3 Å². The average Bonchev–Trinajstić information content (AvgIpc) is 4.23. The maximum Gasteiger partial charge on any atom is 0.416 e. The first-order valence-electron chi connectivity index (χ1n) is 23.8. The molecule has 0 N–H and O–H groups in total. The van der Waals surface area contributed by atoms with Crippen molar-refractivity contribution in [3.8, 4) is 34.9 Å². The fourth-order valence-corrected chi connectivity index (χ4v) is 12.0. The first-order valence-corrected chi connectivity index (χ1v) is 23.8. The standard InChI is InChI=1S/C63H33F3N6O/c64-63(65,66)36-29-30-43-45-31-32-46-44-21-7-14-28-56(44)73-62(46)61(45)72(55(43)33-36)60-48(35-68)58(70-51-24-10-3-17-39(51)40-18-4-11-25-52(40)70)57(69-49-22-8-1-15-37(49)38-16-2-9-23-50(38)69)47(34-67)59(60)71-53-26-12-5-19-41(53)42-20-6-13-27-54(42)71/h1-33H. The van der Waals surface area contributed by atoms with Crippen LogP contribution in [-0.4, -0.2) is 18.3 Å². The number of rotatable bonds is 4. The minimum Gasteiger partial charge on any atom is -0.454 e. The summed E-state index contributed by atoms with van der Waals surface area (Å²) in [5, 5.41) is 33.2. The van der Waals surface area contributed by atoms with Crippen molar-refractivity contribution in [2.75, 3.05) is 0 Å². The van der Waals surface area contributed by atoms with Gasteiger partial charge in [-0.05, 0) is 60.7 Å². The number of benzene rings is 10. The zero-order valence-corrected chi connectivity index (χ0v) is 38.3. The Morgan fingerprint density at radius 1 is 0.342 bits per heavy atom. The highest BCUT2D eigenvalue weighted by molar-refractivity contribution is 6.23. The molecule has 0 aliphatic heterocycles. The quantitative estimate of drug-likeness (QED) is 0.176. The monoisotopic (exact) mass is 946 g/mol. The molecule has 0 saturated heterocycles. The minimum atomic E-state index is -4.73. The molecule has 0 fully saturated rings. The Balaban J connectivity index is 1.30. The summed E-state index contributed by atoms with van der Waals surface area (Å²) in [6, 6.07) is 68.6. The van der Waals surface area contributed by atoms with Crippen molar-refractivity contribution in [3.63, 3.8) is 0 Å². The number of hydrogen-bond acceptors (Lipinski definition) is 3. The van der Waals surface area contributed by atoms with Crippen LogP contribution in [0.15, 0.2) is 205 Å². The normalized spacial score (nSPS) is 12.3. The van der Waals surface area contributed by atoms with E-state index in [1.54, 1.807) is 4.57 Å². The Labute approximate surface area is 411 Å². The lowest BCUT2D eigenvalue weighted by molar-refractivity contribution is -0.137. The van der Waals surface area contributed by atoms with E-state index < -0.39 is 11.7 Å². The largest absolute Gasteiger partial charge is 0.454 e. The lowest BCUT2D eigenvalue weighted by Crippen LogP contribution is -2.17. The Morgan fingerprint density at radius 3 is 1.07 bits per heavy atom. The van der Waals surface area contributed by atoms with Gasteiger partial charge < -0.3 is 22.7 Å². The summed E-state index contributed by atoms with van der Waals surface area (Å²) < 4.78 is 60.7. The molecule has 10 aromatic carbocycles. The molecule has 0 radical (unpaired) electrons. The van der Waals surface area contributed by atoms with Gasteiger partial charge in [-0.1, -0.05) is 140 Å². The van der Waals surface area contributed by atoms with Crippen LogP contribution in [0.3, 0.4) is 0 Å². The summed E-state index contributed by atoms with van der Waals surface area (Å²) in [4.78, 5) is 0. The summed E-state index contributed by atoms with van der Waals surface area (Å²) in [6.07, 6.45) is -4.73. The molecule has 342 valence electrons. The molecule has 0 aliphatic carbocycles. The predicted molar refractivity (Wildman–Crippen MR) is 286 cm³/mol. The third-order valence-electron chi connectivity index (χ3n) is 14.9. The highest BCUT2D eigenvalue weighted by Gasteiger charge is 2.37. The molecule has 15 rings (SSSR count).